The lowest BCUT2D eigenvalue weighted by molar-refractivity contribution is -0.127. The summed E-state index contributed by atoms with van der Waals surface area (Å²) in [6, 6.07) is 0.416. The van der Waals surface area contributed by atoms with Crippen LogP contribution in [0.25, 0.3) is 10.2 Å². The van der Waals surface area contributed by atoms with E-state index in [9.17, 15) is 9.59 Å². The van der Waals surface area contributed by atoms with Crippen molar-refractivity contribution in [1.29, 1.82) is 0 Å². The number of unbranched alkanes of at least 4 members (excludes halogenated alkanes) is 2. The second-order valence-corrected chi connectivity index (χ2v) is 10.00. The molecule has 4 rings (SSSR count). The standard InChI is InChI=1S/C21H29N3O2S2/c1-3-4-7-12-24-20(26)18-15-8-5-6-9-16(15)28-19(18)22-21(24)27-13-17(25)23(2)14-10-11-14/h14H,3-13H2,1-2H3. The molecule has 0 radical (unpaired) electrons. The number of carbonyl (C=O) groups is 1. The highest BCUT2D eigenvalue weighted by molar-refractivity contribution is 7.99. The maximum Gasteiger partial charge on any atom is 0.263 e. The number of nitrogens with zero attached hydrogens (tertiary/aromatic N) is 3. The highest BCUT2D eigenvalue weighted by Gasteiger charge is 2.30. The van der Waals surface area contributed by atoms with Crippen molar-refractivity contribution in [1.82, 2.24) is 14.5 Å². The van der Waals surface area contributed by atoms with E-state index in [2.05, 4.69) is 6.92 Å². The average molecular weight is 420 g/mol. The van der Waals surface area contributed by atoms with Gasteiger partial charge in [0.2, 0.25) is 5.91 Å². The smallest absolute Gasteiger partial charge is 0.263 e. The number of hydrogen-bond donors (Lipinski definition) is 0. The summed E-state index contributed by atoms with van der Waals surface area (Å²) in [6.07, 6.45) is 9.83. The van der Waals surface area contributed by atoms with Crippen molar-refractivity contribution in [2.24, 2.45) is 0 Å². The molecule has 0 unspecified atom stereocenters. The number of hydrogen-bond acceptors (Lipinski definition) is 5. The fourth-order valence-corrected chi connectivity index (χ4v) is 6.19. The lowest BCUT2D eigenvalue weighted by atomic mass is 9.97. The van der Waals surface area contributed by atoms with E-state index in [4.69, 9.17) is 4.98 Å². The number of carbonyl (C=O) groups excluding carboxylic acids is 1. The summed E-state index contributed by atoms with van der Waals surface area (Å²) in [5, 5.41) is 1.56. The van der Waals surface area contributed by atoms with Crippen molar-refractivity contribution in [3.63, 3.8) is 0 Å². The zero-order valence-corrected chi connectivity index (χ0v) is 18.5. The van der Waals surface area contributed by atoms with Crippen molar-refractivity contribution >= 4 is 39.2 Å². The molecule has 1 amide bonds. The predicted octanol–water partition coefficient (Wildman–Crippen LogP) is 4.24. The second kappa shape index (κ2) is 8.57. The van der Waals surface area contributed by atoms with Gasteiger partial charge >= 0.3 is 0 Å². The lowest BCUT2D eigenvalue weighted by Crippen LogP contribution is -2.31. The van der Waals surface area contributed by atoms with Crippen LogP contribution in [0.4, 0.5) is 0 Å². The summed E-state index contributed by atoms with van der Waals surface area (Å²) >= 11 is 3.12. The summed E-state index contributed by atoms with van der Waals surface area (Å²) in [4.78, 5) is 34.8. The van der Waals surface area contributed by atoms with E-state index in [1.165, 1.54) is 28.6 Å². The monoisotopic (exact) mass is 419 g/mol. The van der Waals surface area contributed by atoms with Crippen molar-refractivity contribution in [2.75, 3.05) is 12.8 Å². The number of thiophene rings is 1. The fourth-order valence-electron chi connectivity index (χ4n) is 3.94. The topological polar surface area (TPSA) is 55.2 Å². The summed E-state index contributed by atoms with van der Waals surface area (Å²) in [5.41, 5.74) is 1.35. The van der Waals surface area contributed by atoms with Gasteiger partial charge < -0.3 is 4.90 Å². The molecule has 1 saturated carbocycles. The Morgan fingerprint density at radius 1 is 1.29 bits per heavy atom. The zero-order valence-electron chi connectivity index (χ0n) is 16.8. The van der Waals surface area contributed by atoms with Crippen molar-refractivity contribution < 1.29 is 4.79 Å². The highest BCUT2D eigenvalue weighted by atomic mass is 32.2. The minimum absolute atomic E-state index is 0.103. The van der Waals surface area contributed by atoms with Crippen molar-refractivity contribution in [2.45, 2.75) is 82.5 Å². The Hall–Kier alpha value is -1.34. The number of aryl methyl sites for hydroxylation is 2. The first-order valence-corrected chi connectivity index (χ1v) is 12.3. The summed E-state index contributed by atoms with van der Waals surface area (Å²) in [5.74, 6) is 0.483. The second-order valence-electron chi connectivity index (χ2n) is 7.97. The molecule has 152 valence electrons. The molecule has 0 aromatic carbocycles. The molecule has 0 spiro atoms. The minimum Gasteiger partial charge on any atom is -0.342 e. The Morgan fingerprint density at radius 3 is 2.82 bits per heavy atom. The first kappa shape index (κ1) is 20.0. The summed E-state index contributed by atoms with van der Waals surface area (Å²) < 4.78 is 1.84. The van der Waals surface area contributed by atoms with E-state index in [0.29, 0.717) is 23.5 Å². The molecule has 2 aliphatic rings. The third-order valence-corrected chi connectivity index (χ3v) is 7.98. The molecule has 2 aromatic heterocycles. The molecule has 1 fully saturated rings. The van der Waals surface area contributed by atoms with E-state index in [-0.39, 0.29) is 11.5 Å². The van der Waals surface area contributed by atoms with Crippen LogP contribution in [-0.4, -0.2) is 39.2 Å². The third kappa shape index (κ3) is 4.01. The molecule has 2 aromatic rings. The van der Waals surface area contributed by atoms with Gasteiger partial charge in [0.05, 0.1) is 11.1 Å². The Morgan fingerprint density at radius 2 is 2.07 bits per heavy atom. The van der Waals surface area contributed by atoms with Crippen LogP contribution in [0.3, 0.4) is 0 Å². The molecule has 0 aliphatic heterocycles. The lowest BCUT2D eigenvalue weighted by Gasteiger charge is -2.17. The van der Waals surface area contributed by atoms with E-state index >= 15 is 0 Å². The van der Waals surface area contributed by atoms with Crippen LogP contribution < -0.4 is 5.56 Å². The molecular weight excluding hydrogens is 390 g/mol. The van der Waals surface area contributed by atoms with E-state index in [1.807, 2.05) is 16.5 Å². The van der Waals surface area contributed by atoms with Crippen LogP contribution in [0, 0.1) is 0 Å². The highest BCUT2D eigenvalue weighted by Crippen LogP contribution is 2.35. The molecule has 0 N–H and O–H groups in total. The number of amides is 1. The van der Waals surface area contributed by atoms with Gasteiger partial charge in [0, 0.05) is 24.5 Å². The molecule has 5 nitrogen and oxygen atoms in total. The number of aromatic nitrogens is 2. The molecule has 0 bridgehead atoms. The fraction of sp³-hybridized carbons (Fsp3) is 0.667. The Labute approximate surface area is 174 Å². The van der Waals surface area contributed by atoms with Crippen LogP contribution in [-0.2, 0) is 24.2 Å². The van der Waals surface area contributed by atoms with Crippen molar-refractivity contribution in [3.05, 3.63) is 20.8 Å². The van der Waals surface area contributed by atoms with Crippen molar-refractivity contribution in [3.8, 4) is 0 Å². The van der Waals surface area contributed by atoms with Gasteiger partial charge in [-0.25, -0.2) is 4.98 Å². The average Bonchev–Trinajstić information content (AvgIpc) is 3.48. The number of thioether (sulfide) groups is 1. The molecule has 2 aliphatic carbocycles. The first-order chi connectivity index (χ1) is 13.6. The Kier molecular flexibility index (Phi) is 6.11. The van der Waals surface area contributed by atoms with Crippen LogP contribution in [0.15, 0.2) is 9.95 Å². The van der Waals surface area contributed by atoms with Gasteiger partial charge in [-0.2, -0.15) is 0 Å². The summed E-state index contributed by atoms with van der Waals surface area (Å²) in [7, 11) is 1.89. The molecular formula is C21H29N3O2S2. The molecule has 0 atom stereocenters. The van der Waals surface area contributed by atoms with Gasteiger partial charge in [0.25, 0.3) is 5.56 Å². The largest absolute Gasteiger partial charge is 0.342 e. The Balaban J connectivity index is 1.65. The molecule has 7 heteroatoms. The Bertz CT molecular complexity index is 930. The summed E-state index contributed by atoms with van der Waals surface area (Å²) in [6.45, 7) is 2.86. The van der Waals surface area contributed by atoms with E-state index in [0.717, 1.165) is 61.6 Å². The van der Waals surface area contributed by atoms with Gasteiger partial charge in [0.1, 0.15) is 4.83 Å². The first-order valence-electron chi connectivity index (χ1n) is 10.5. The molecule has 2 heterocycles. The molecule has 0 saturated heterocycles. The van der Waals surface area contributed by atoms with Gasteiger partial charge in [-0.05, 0) is 50.5 Å². The SMILES string of the molecule is CCCCCn1c(SCC(=O)N(C)C2CC2)nc2sc3c(c2c1=O)CCCC3. The molecule has 28 heavy (non-hydrogen) atoms. The van der Waals surface area contributed by atoms with Gasteiger partial charge in [-0.1, -0.05) is 31.5 Å². The van der Waals surface area contributed by atoms with E-state index < -0.39 is 0 Å². The van der Waals surface area contributed by atoms with Crippen LogP contribution >= 0.6 is 23.1 Å². The number of rotatable bonds is 8. The normalized spacial score (nSPS) is 16.4. The maximum atomic E-state index is 13.4. The van der Waals surface area contributed by atoms with Gasteiger partial charge in [-0.15, -0.1) is 11.3 Å². The third-order valence-electron chi connectivity index (χ3n) is 5.84. The van der Waals surface area contributed by atoms with E-state index in [1.54, 1.807) is 11.3 Å². The number of fused-ring (bicyclic) bond motifs is 3. The van der Waals surface area contributed by atoms with Gasteiger partial charge in [-0.3, -0.25) is 14.2 Å². The maximum absolute atomic E-state index is 13.4. The van der Waals surface area contributed by atoms with Crippen LogP contribution in [0.1, 0.15) is 62.3 Å². The quantitative estimate of drug-likeness (QED) is 0.365. The van der Waals surface area contributed by atoms with Crippen LogP contribution in [0.2, 0.25) is 0 Å². The van der Waals surface area contributed by atoms with Gasteiger partial charge in [0.15, 0.2) is 5.16 Å². The zero-order chi connectivity index (χ0) is 19.7. The predicted molar refractivity (Wildman–Crippen MR) is 117 cm³/mol. The van der Waals surface area contributed by atoms with Crippen LogP contribution in [0.5, 0.6) is 0 Å². The minimum atomic E-state index is 0.103.